The molecule has 1 N–H and O–H groups in total. The van der Waals surface area contributed by atoms with E-state index in [0.29, 0.717) is 18.7 Å². The van der Waals surface area contributed by atoms with Gasteiger partial charge in [0.25, 0.3) is 5.91 Å². The Bertz CT molecular complexity index is 918. The fourth-order valence-electron chi connectivity index (χ4n) is 2.55. The van der Waals surface area contributed by atoms with Crippen LogP contribution in [0.5, 0.6) is 0 Å². The van der Waals surface area contributed by atoms with Crippen molar-refractivity contribution >= 4 is 22.9 Å². The maximum Gasteiger partial charge on any atom is 0.338 e. The minimum Gasteiger partial charge on any atom is -0.449 e. The van der Waals surface area contributed by atoms with E-state index in [0.717, 1.165) is 16.6 Å². The average molecular weight is 352 g/mol. The topological polar surface area (TPSA) is 86.1 Å². The monoisotopic (exact) mass is 352 g/mol. The van der Waals surface area contributed by atoms with Crippen molar-refractivity contribution in [2.45, 2.75) is 26.5 Å². The minimum atomic E-state index is -0.830. The number of ether oxygens (including phenoxy) is 1. The summed E-state index contributed by atoms with van der Waals surface area (Å²) in [5.74, 6) is -0.836. The van der Waals surface area contributed by atoms with Crippen molar-refractivity contribution in [1.29, 1.82) is 0 Å². The number of hydrogen-bond acceptors (Lipinski definition) is 5. The van der Waals surface area contributed by atoms with Crippen LogP contribution in [0, 0.1) is 0 Å². The van der Waals surface area contributed by atoms with Gasteiger partial charge in [0, 0.05) is 6.54 Å². The predicted octanol–water partition coefficient (Wildman–Crippen LogP) is 2.16. The number of likely N-dealkylation sites (N-methyl/N-ethyl adjacent to an activating group) is 1. The third kappa shape index (κ3) is 3.88. The summed E-state index contributed by atoms with van der Waals surface area (Å²) in [4.78, 5) is 23.8. The maximum atomic E-state index is 12.1. The molecule has 1 atom stereocenters. The molecule has 0 aliphatic carbocycles. The second-order valence-electron chi connectivity index (χ2n) is 5.87. The summed E-state index contributed by atoms with van der Waals surface area (Å²) in [5, 5.41) is 10.9. The molecule has 0 saturated heterocycles. The first kappa shape index (κ1) is 17.6. The molecule has 0 spiro atoms. The van der Waals surface area contributed by atoms with Crippen molar-refractivity contribution in [2.75, 3.05) is 6.54 Å². The second kappa shape index (κ2) is 7.77. The molecule has 1 aromatic heterocycles. The SMILES string of the molecule is CCNC(=O)[C@H](C)OC(=O)c1ccc(Cn2nnc3ccccc32)cc1. The zero-order valence-electron chi connectivity index (χ0n) is 14.7. The van der Waals surface area contributed by atoms with E-state index in [-0.39, 0.29) is 5.91 Å². The van der Waals surface area contributed by atoms with Crippen LogP contribution in [0.2, 0.25) is 0 Å². The Morgan fingerprint density at radius 1 is 1.15 bits per heavy atom. The highest BCUT2D eigenvalue weighted by Crippen LogP contribution is 2.13. The molecule has 1 heterocycles. The normalized spacial score (nSPS) is 11.9. The number of amides is 1. The number of carbonyl (C=O) groups is 2. The standard InChI is InChI=1S/C19H20N4O3/c1-3-20-18(24)13(2)26-19(25)15-10-8-14(9-11-15)12-23-17-7-5-4-6-16(17)21-22-23/h4-11,13H,3,12H2,1-2H3,(H,20,24)/t13-/m0/s1. The van der Waals surface area contributed by atoms with E-state index < -0.39 is 12.1 Å². The van der Waals surface area contributed by atoms with Crippen molar-refractivity contribution in [3.8, 4) is 0 Å². The summed E-state index contributed by atoms with van der Waals surface area (Å²) in [7, 11) is 0. The number of aromatic nitrogens is 3. The van der Waals surface area contributed by atoms with Gasteiger partial charge in [-0.3, -0.25) is 4.79 Å². The van der Waals surface area contributed by atoms with E-state index in [4.69, 9.17) is 4.74 Å². The Morgan fingerprint density at radius 2 is 1.88 bits per heavy atom. The lowest BCUT2D eigenvalue weighted by molar-refractivity contribution is -0.128. The molecule has 3 rings (SSSR count). The lowest BCUT2D eigenvalue weighted by Gasteiger charge is -2.12. The summed E-state index contributed by atoms with van der Waals surface area (Å²) in [5.41, 5.74) is 3.17. The molecule has 0 saturated carbocycles. The highest BCUT2D eigenvalue weighted by atomic mass is 16.5. The number of para-hydroxylation sites is 1. The van der Waals surface area contributed by atoms with Gasteiger partial charge in [0.05, 0.1) is 17.6 Å². The molecular weight excluding hydrogens is 332 g/mol. The Morgan fingerprint density at radius 3 is 2.62 bits per heavy atom. The summed E-state index contributed by atoms with van der Waals surface area (Å²) < 4.78 is 6.98. The number of hydrogen-bond donors (Lipinski definition) is 1. The molecule has 2 aromatic carbocycles. The Balaban J connectivity index is 1.66. The smallest absolute Gasteiger partial charge is 0.338 e. The number of nitrogens with zero attached hydrogens (tertiary/aromatic N) is 3. The van der Waals surface area contributed by atoms with Crippen LogP contribution in [-0.4, -0.2) is 39.5 Å². The molecule has 7 heteroatoms. The van der Waals surface area contributed by atoms with Crippen LogP contribution in [0.4, 0.5) is 0 Å². The van der Waals surface area contributed by atoms with E-state index in [1.807, 2.05) is 43.3 Å². The molecule has 0 aliphatic heterocycles. The number of esters is 1. The van der Waals surface area contributed by atoms with Gasteiger partial charge >= 0.3 is 5.97 Å². The Hall–Kier alpha value is -3.22. The van der Waals surface area contributed by atoms with Gasteiger partial charge in [0.2, 0.25) is 0 Å². The lowest BCUT2D eigenvalue weighted by atomic mass is 10.1. The first-order chi connectivity index (χ1) is 12.6. The fraction of sp³-hybridized carbons (Fsp3) is 0.263. The minimum absolute atomic E-state index is 0.310. The molecule has 134 valence electrons. The highest BCUT2D eigenvalue weighted by molar-refractivity contribution is 5.92. The van der Waals surface area contributed by atoms with Gasteiger partial charge in [0.15, 0.2) is 6.10 Å². The molecular formula is C19H20N4O3. The van der Waals surface area contributed by atoms with Crippen molar-refractivity contribution < 1.29 is 14.3 Å². The van der Waals surface area contributed by atoms with E-state index in [2.05, 4.69) is 15.6 Å². The first-order valence-electron chi connectivity index (χ1n) is 8.44. The zero-order valence-corrected chi connectivity index (χ0v) is 14.7. The molecule has 7 nitrogen and oxygen atoms in total. The number of benzene rings is 2. The van der Waals surface area contributed by atoms with Gasteiger partial charge in [-0.25, -0.2) is 9.48 Å². The van der Waals surface area contributed by atoms with Crippen LogP contribution < -0.4 is 5.32 Å². The van der Waals surface area contributed by atoms with Gasteiger partial charge in [-0.05, 0) is 43.7 Å². The Labute approximate surface area is 151 Å². The van der Waals surface area contributed by atoms with E-state index in [9.17, 15) is 9.59 Å². The van der Waals surface area contributed by atoms with Crippen LogP contribution in [0.15, 0.2) is 48.5 Å². The summed E-state index contributed by atoms with van der Waals surface area (Å²) in [6.45, 7) is 4.40. The molecule has 0 fully saturated rings. The molecule has 3 aromatic rings. The molecule has 1 amide bonds. The summed E-state index contributed by atoms with van der Waals surface area (Å²) in [6.07, 6.45) is -0.830. The van der Waals surface area contributed by atoms with Gasteiger partial charge in [-0.15, -0.1) is 5.10 Å². The number of fused-ring (bicyclic) bond motifs is 1. The first-order valence-corrected chi connectivity index (χ1v) is 8.44. The summed E-state index contributed by atoms with van der Waals surface area (Å²) in [6, 6.07) is 14.8. The predicted molar refractivity (Wildman–Crippen MR) is 96.6 cm³/mol. The van der Waals surface area contributed by atoms with Crippen LogP contribution >= 0.6 is 0 Å². The average Bonchev–Trinajstić information content (AvgIpc) is 3.05. The van der Waals surface area contributed by atoms with Gasteiger partial charge in [0.1, 0.15) is 5.52 Å². The van der Waals surface area contributed by atoms with E-state index in [1.54, 1.807) is 23.7 Å². The van der Waals surface area contributed by atoms with Crippen molar-refractivity contribution in [3.05, 3.63) is 59.7 Å². The number of carbonyl (C=O) groups excluding carboxylic acids is 2. The number of rotatable bonds is 6. The molecule has 0 aliphatic rings. The quantitative estimate of drug-likeness (QED) is 0.687. The van der Waals surface area contributed by atoms with Gasteiger partial charge in [-0.2, -0.15) is 0 Å². The van der Waals surface area contributed by atoms with Crippen molar-refractivity contribution in [3.63, 3.8) is 0 Å². The number of nitrogens with one attached hydrogen (secondary N) is 1. The molecule has 0 bridgehead atoms. The van der Waals surface area contributed by atoms with Crippen LogP contribution in [0.1, 0.15) is 29.8 Å². The lowest BCUT2D eigenvalue weighted by Crippen LogP contribution is -2.35. The summed E-state index contributed by atoms with van der Waals surface area (Å²) >= 11 is 0. The Kier molecular flexibility index (Phi) is 5.26. The van der Waals surface area contributed by atoms with Gasteiger partial charge in [-0.1, -0.05) is 29.5 Å². The van der Waals surface area contributed by atoms with Crippen molar-refractivity contribution in [1.82, 2.24) is 20.3 Å². The third-order valence-corrected chi connectivity index (χ3v) is 3.95. The van der Waals surface area contributed by atoms with Gasteiger partial charge < -0.3 is 10.1 Å². The molecule has 26 heavy (non-hydrogen) atoms. The zero-order chi connectivity index (χ0) is 18.5. The van der Waals surface area contributed by atoms with E-state index in [1.165, 1.54) is 0 Å². The largest absolute Gasteiger partial charge is 0.449 e. The third-order valence-electron chi connectivity index (χ3n) is 3.95. The fourth-order valence-corrected chi connectivity index (χ4v) is 2.55. The van der Waals surface area contributed by atoms with Crippen LogP contribution in [0.25, 0.3) is 11.0 Å². The van der Waals surface area contributed by atoms with Crippen LogP contribution in [0.3, 0.4) is 0 Å². The highest BCUT2D eigenvalue weighted by Gasteiger charge is 2.18. The van der Waals surface area contributed by atoms with Crippen molar-refractivity contribution in [2.24, 2.45) is 0 Å². The molecule has 0 radical (unpaired) electrons. The maximum absolute atomic E-state index is 12.1. The second-order valence-corrected chi connectivity index (χ2v) is 5.87. The van der Waals surface area contributed by atoms with Crippen LogP contribution in [-0.2, 0) is 16.1 Å². The molecule has 0 unspecified atom stereocenters. The van der Waals surface area contributed by atoms with E-state index >= 15 is 0 Å².